The van der Waals surface area contributed by atoms with Gasteiger partial charge in [-0.05, 0) is 63.4 Å². The Balaban J connectivity index is 1.98. The molecule has 3 aromatic rings. The van der Waals surface area contributed by atoms with Crippen molar-refractivity contribution in [3.05, 3.63) is 54.1 Å². The van der Waals surface area contributed by atoms with Crippen LogP contribution in [0.1, 0.15) is 52.1 Å². The van der Waals surface area contributed by atoms with Crippen molar-refractivity contribution in [1.82, 2.24) is 25.2 Å². The maximum Gasteiger partial charge on any atom is 0.247 e. The third-order valence-corrected chi connectivity index (χ3v) is 6.25. The number of nitrogens with zero attached hydrogens (tertiary/aromatic N) is 4. The van der Waals surface area contributed by atoms with Gasteiger partial charge in [0.2, 0.25) is 11.8 Å². The zero-order chi connectivity index (χ0) is 26.1. The van der Waals surface area contributed by atoms with Crippen molar-refractivity contribution >= 4 is 22.8 Å². The number of hydrogen-bond donors (Lipinski definition) is 1. The second-order valence-electron chi connectivity index (χ2n) is 9.28. The fraction of sp³-hybridized carbons (Fsp3) is 0.481. The smallest absolute Gasteiger partial charge is 0.247 e. The molecule has 0 bridgehead atoms. The van der Waals surface area contributed by atoms with Crippen molar-refractivity contribution in [2.24, 2.45) is 0 Å². The van der Waals surface area contributed by atoms with Crippen molar-refractivity contribution in [3.8, 4) is 5.75 Å². The number of aromatic nitrogens is 3. The van der Waals surface area contributed by atoms with Crippen LogP contribution in [0.25, 0.3) is 11.0 Å². The lowest BCUT2D eigenvalue weighted by atomic mass is 9.98. The molecule has 0 saturated heterocycles. The van der Waals surface area contributed by atoms with E-state index in [-0.39, 0.29) is 18.4 Å². The fourth-order valence-corrected chi connectivity index (χ4v) is 3.88. The van der Waals surface area contributed by atoms with Gasteiger partial charge >= 0.3 is 0 Å². The summed E-state index contributed by atoms with van der Waals surface area (Å²) < 4.78 is 12.4. The van der Waals surface area contributed by atoms with Gasteiger partial charge in [0.05, 0.1) is 12.6 Å². The standard InChI is InChI=1S/C27H37N5O4/c1-6-27(3,4)28-26(34)25(20-13-15-21(35-5)16-14-20)31(17-10-18-36-7-2)24(33)19-32-23-12-9-8-11-22(23)29-30-32/h8-9,11-16,25H,6-7,10,17-19H2,1-5H3,(H,28,34)/t25-/m1/s1. The zero-order valence-corrected chi connectivity index (χ0v) is 21.9. The number of fused-ring (bicyclic) bond motifs is 1. The van der Waals surface area contributed by atoms with E-state index < -0.39 is 11.6 Å². The van der Waals surface area contributed by atoms with Gasteiger partial charge in [0.15, 0.2) is 0 Å². The maximum atomic E-state index is 13.8. The van der Waals surface area contributed by atoms with Gasteiger partial charge in [-0.3, -0.25) is 9.59 Å². The number of ether oxygens (including phenoxy) is 2. The highest BCUT2D eigenvalue weighted by Gasteiger charge is 2.34. The van der Waals surface area contributed by atoms with Crippen LogP contribution < -0.4 is 10.1 Å². The molecule has 0 radical (unpaired) electrons. The molecule has 3 rings (SSSR count). The molecule has 2 amide bonds. The summed E-state index contributed by atoms with van der Waals surface area (Å²) in [6, 6.07) is 13.9. The first kappa shape index (κ1) is 27.1. The third kappa shape index (κ3) is 6.81. The quantitative estimate of drug-likeness (QED) is 0.363. The van der Waals surface area contributed by atoms with E-state index in [0.29, 0.717) is 43.0 Å². The summed E-state index contributed by atoms with van der Waals surface area (Å²) in [4.78, 5) is 29.1. The molecule has 0 fully saturated rings. The molecule has 194 valence electrons. The minimum absolute atomic E-state index is 0.0355. The normalized spacial score (nSPS) is 12.4. The van der Waals surface area contributed by atoms with Crippen molar-refractivity contribution < 1.29 is 19.1 Å². The minimum Gasteiger partial charge on any atom is -0.497 e. The van der Waals surface area contributed by atoms with Crippen LogP contribution in [0.3, 0.4) is 0 Å². The second-order valence-corrected chi connectivity index (χ2v) is 9.28. The molecule has 1 aromatic heterocycles. The van der Waals surface area contributed by atoms with Crippen molar-refractivity contribution in [1.29, 1.82) is 0 Å². The lowest BCUT2D eigenvalue weighted by Gasteiger charge is -2.34. The van der Waals surface area contributed by atoms with Gasteiger partial charge < -0.3 is 19.7 Å². The topological polar surface area (TPSA) is 98.6 Å². The summed E-state index contributed by atoms with van der Waals surface area (Å²) in [6.45, 7) is 9.28. The number of nitrogens with one attached hydrogen (secondary N) is 1. The number of para-hydroxylation sites is 1. The number of benzene rings is 2. The van der Waals surface area contributed by atoms with Gasteiger partial charge in [-0.1, -0.05) is 36.4 Å². The molecule has 0 aliphatic rings. The molecule has 0 aliphatic carbocycles. The monoisotopic (exact) mass is 495 g/mol. The van der Waals surface area contributed by atoms with Gasteiger partial charge in [0, 0.05) is 25.3 Å². The Morgan fingerprint density at radius 3 is 2.50 bits per heavy atom. The number of amides is 2. The van der Waals surface area contributed by atoms with Crippen LogP contribution in [0, 0.1) is 0 Å². The number of rotatable bonds is 13. The first-order chi connectivity index (χ1) is 17.3. The highest BCUT2D eigenvalue weighted by atomic mass is 16.5. The molecule has 9 heteroatoms. The van der Waals surface area contributed by atoms with E-state index in [1.165, 1.54) is 0 Å². The first-order valence-electron chi connectivity index (χ1n) is 12.4. The van der Waals surface area contributed by atoms with Crippen molar-refractivity contribution in [2.45, 2.75) is 58.7 Å². The average molecular weight is 496 g/mol. The van der Waals surface area contributed by atoms with Gasteiger partial charge in [-0.25, -0.2) is 4.68 Å². The third-order valence-electron chi connectivity index (χ3n) is 6.25. The van der Waals surface area contributed by atoms with E-state index in [9.17, 15) is 9.59 Å². The first-order valence-corrected chi connectivity index (χ1v) is 12.4. The molecule has 1 atom stereocenters. The Morgan fingerprint density at radius 2 is 1.83 bits per heavy atom. The van der Waals surface area contributed by atoms with Crippen LogP contribution in [-0.2, 0) is 20.9 Å². The fourth-order valence-electron chi connectivity index (χ4n) is 3.88. The van der Waals surface area contributed by atoms with E-state index in [4.69, 9.17) is 9.47 Å². The molecular weight excluding hydrogens is 458 g/mol. The van der Waals surface area contributed by atoms with E-state index in [2.05, 4.69) is 15.6 Å². The Labute approximate surface area is 212 Å². The SMILES string of the molecule is CCOCCCN(C(=O)Cn1nnc2ccccc21)[C@@H](C(=O)NC(C)(C)CC)c1ccc(OC)cc1. The number of hydrogen-bond acceptors (Lipinski definition) is 6. The average Bonchev–Trinajstić information content (AvgIpc) is 3.28. The molecule has 0 unspecified atom stereocenters. The molecule has 1 heterocycles. The molecular formula is C27H37N5O4. The van der Waals surface area contributed by atoms with E-state index in [1.54, 1.807) is 28.8 Å². The van der Waals surface area contributed by atoms with E-state index in [0.717, 1.165) is 11.9 Å². The summed E-state index contributed by atoms with van der Waals surface area (Å²) in [5.74, 6) is 0.211. The largest absolute Gasteiger partial charge is 0.497 e. The lowest BCUT2D eigenvalue weighted by molar-refractivity contribution is -0.142. The van der Waals surface area contributed by atoms with Gasteiger partial charge in [0.1, 0.15) is 23.9 Å². The summed E-state index contributed by atoms with van der Waals surface area (Å²) in [6.07, 6.45) is 1.34. The summed E-state index contributed by atoms with van der Waals surface area (Å²) in [5.41, 5.74) is 1.75. The predicted octanol–water partition coefficient (Wildman–Crippen LogP) is 3.74. The Kier molecular flexibility index (Phi) is 9.41. The predicted molar refractivity (Wildman–Crippen MR) is 139 cm³/mol. The number of carbonyl (C=O) groups excluding carboxylic acids is 2. The zero-order valence-electron chi connectivity index (χ0n) is 21.9. The Bertz CT molecular complexity index is 1140. The van der Waals surface area contributed by atoms with Crippen molar-refractivity contribution in [2.75, 3.05) is 26.9 Å². The van der Waals surface area contributed by atoms with Crippen LogP contribution in [0.2, 0.25) is 0 Å². The van der Waals surface area contributed by atoms with Gasteiger partial charge in [-0.15, -0.1) is 5.10 Å². The highest BCUT2D eigenvalue weighted by Crippen LogP contribution is 2.26. The molecule has 1 N–H and O–H groups in total. The highest BCUT2D eigenvalue weighted by molar-refractivity contribution is 5.89. The molecule has 0 saturated carbocycles. The van der Waals surface area contributed by atoms with Crippen LogP contribution in [-0.4, -0.2) is 64.1 Å². The van der Waals surface area contributed by atoms with E-state index in [1.807, 2.05) is 64.1 Å². The molecule has 9 nitrogen and oxygen atoms in total. The van der Waals surface area contributed by atoms with Crippen LogP contribution in [0.15, 0.2) is 48.5 Å². The van der Waals surface area contributed by atoms with Gasteiger partial charge in [0.25, 0.3) is 0 Å². The molecule has 0 spiro atoms. The number of methoxy groups -OCH3 is 1. The molecule has 2 aromatic carbocycles. The van der Waals surface area contributed by atoms with Crippen LogP contribution >= 0.6 is 0 Å². The minimum atomic E-state index is -0.828. The van der Waals surface area contributed by atoms with Crippen LogP contribution in [0.5, 0.6) is 5.75 Å². The Morgan fingerprint density at radius 1 is 1.11 bits per heavy atom. The molecule has 0 aliphatic heterocycles. The lowest BCUT2D eigenvalue weighted by Crippen LogP contribution is -2.51. The molecule has 36 heavy (non-hydrogen) atoms. The Hall–Kier alpha value is -3.46. The van der Waals surface area contributed by atoms with Crippen molar-refractivity contribution in [3.63, 3.8) is 0 Å². The number of carbonyl (C=O) groups is 2. The van der Waals surface area contributed by atoms with Gasteiger partial charge in [-0.2, -0.15) is 0 Å². The summed E-state index contributed by atoms with van der Waals surface area (Å²) >= 11 is 0. The van der Waals surface area contributed by atoms with E-state index >= 15 is 0 Å². The van der Waals surface area contributed by atoms with Crippen LogP contribution in [0.4, 0.5) is 0 Å². The summed E-state index contributed by atoms with van der Waals surface area (Å²) in [7, 11) is 1.59. The maximum absolute atomic E-state index is 13.8. The second kappa shape index (κ2) is 12.5. The summed E-state index contributed by atoms with van der Waals surface area (Å²) in [5, 5.41) is 11.5.